The second-order valence-electron chi connectivity index (χ2n) is 20.9. The maximum absolute atomic E-state index is 3.14. The zero-order valence-corrected chi connectivity index (χ0v) is 38.5. The monoisotopic (exact) mass is 752 g/mol. The third-order valence-electron chi connectivity index (χ3n) is 15.4. The summed E-state index contributed by atoms with van der Waals surface area (Å²) in [6, 6.07) is 10.5. The highest BCUT2D eigenvalue weighted by Crippen LogP contribution is 2.74. The molecule has 2 aliphatic carbocycles. The fraction of sp³-hybridized carbons (Fsp3) is 0.720. The Morgan fingerprint density at radius 1 is 0.963 bits per heavy atom. The average molecular weight is 752 g/mol. The van der Waals surface area contributed by atoms with Gasteiger partial charge in [0.05, 0.1) is 31.0 Å². The van der Waals surface area contributed by atoms with Gasteiger partial charge >= 0.3 is 0 Å². The van der Waals surface area contributed by atoms with E-state index in [1.54, 1.807) is 16.7 Å². The van der Waals surface area contributed by atoms with Crippen LogP contribution in [-0.2, 0) is 0 Å². The molecule has 0 radical (unpaired) electrons. The SMILES string of the molecule is CCCC[C@@H](C[C@@]1(N2c3ccccc3N(C(C=C(C)C)CCC)C2CC)CC2(C)N3CC([Si](C)(C)C)C(CC(C)C)=CC3C3=C(C=CCC3)C21C)C(C)C. The lowest BCUT2D eigenvalue weighted by molar-refractivity contribution is -0.173. The smallest absolute Gasteiger partial charge is 0.102 e. The Hall–Kier alpha value is -2.04. The second-order valence-corrected chi connectivity index (χ2v) is 26.4. The molecule has 4 heteroatoms. The van der Waals surface area contributed by atoms with E-state index in [2.05, 4.69) is 159 Å². The van der Waals surface area contributed by atoms with Gasteiger partial charge in [0, 0.05) is 23.5 Å². The fourth-order valence-electron chi connectivity index (χ4n) is 12.8. The summed E-state index contributed by atoms with van der Waals surface area (Å²) in [4.78, 5) is 9.14. The maximum atomic E-state index is 3.14. The van der Waals surface area contributed by atoms with Crippen molar-refractivity contribution in [2.75, 3.05) is 16.3 Å². The van der Waals surface area contributed by atoms with E-state index in [-0.39, 0.29) is 16.5 Å². The molecule has 1 saturated carbocycles. The van der Waals surface area contributed by atoms with E-state index in [9.17, 15) is 0 Å². The molecule has 6 unspecified atom stereocenters. The van der Waals surface area contributed by atoms with Gasteiger partial charge in [0.25, 0.3) is 0 Å². The highest BCUT2D eigenvalue weighted by molar-refractivity contribution is 6.78. The van der Waals surface area contributed by atoms with E-state index in [1.165, 1.54) is 87.7 Å². The summed E-state index contributed by atoms with van der Waals surface area (Å²) in [5, 5.41) is 0. The van der Waals surface area contributed by atoms with Crippen LogP contribution in [0.2, 0.25) is 25.2 Å². The molecule has 6 rings (SSSR count). The van der Waals surface area contributed by atoms with Gasteiger partial charge in [-0.2, -0.15) is 0 Å². The van der Waals surface area contributed by atoms with Crippen LogP contribution in [0.5, 0.6) is 0 Å². The lowest BCUT2D eigenvalue weighted by Crippen LogP contribution is -2.86. The first-order valence-electron chi connectivity index (χ1n) is 22.7. The molecule has 3 nitrogen and oxygen atoms in total. The van der Waals surface area contributed by atoms with Gasteiger partial charge in [-0.3, -0.25) is 4.90 Å². The van der Waals surface area contributed by atoms with Gasteiger partial charge in [-0.05, 0) is 112 Å². The van der Waals surface area contributed by atoms with Crippen LogP contribution in [0.1, 0.15) is 147 Å². The number of para-hydroxylation sites is 2. The van der Waals surface area contributed by atoms with E-state index < -0.39 is 8.07 Å². The van der Waals surface area contributed by atoms with Crippen LogP contribution in [0.3, 0.4) is 0 Å². The van der Waals surface area contributed by atoms with Crippen molar-refractivity contribution < 1.29 is 0 Å². The standard InChI is InChI=1S/C50H81N3Si/c1-15-18-24-38(37(8)9)32-50(53-44-28-22-21-27-43(44)52(47(53)17-3)40(23-16-2)30-36(6)7)34-48(10)49(50,11)42-26-20-19-25-41(42)45-31-39(29-35(4)5)46(33-51(45)48)54(12,13)14/h20-22,26-28,30-31,35,37-38,40,45-47H,15-19,23-25,29,32-34H2,1-14H3/t38-,40?,45?,46?,47?,48?,49?,50+/m0/s1. The summed E-state index contributed by atoms with van der Waals surface area (Å²) in [6.07, 6.45) is 24.6. The molecule has 1 aromatic carbocycles. The molecule has 8 atom stereocenters. The fourth-order valence-corrected chi connectivity index (χ4v) is 14.8. The van der Waals surface area contributed by atoms with Gasteiger partial charge in [0.2, 0.25) is 0 Å². The van der Waals surface area contributed by atoms with E-state index in [4.69, 9.17) is 0 Å². The molecule has 3 heterocycles. The normalized spacial score (nSPS) is 31.9. The van der Waals surface area contributed by atoms with Crippen molar-refractivity contribution in [2.24, 2.45) is 23.2 Å². The molecular formula is C50H81N3Si. The Morgan fingerprint density at radius 3 is 2.26 bits per heavy atom. The van der Waals surface area contributed by atoms with Crippen LogP contribution in [0.4, 0.5) is 11.4 Å². The number of fused-ring (bicyclic) bond motifs is 6. The van der Waals surface area contributed by atoms with Crippen LogP contribution >= 0.6 is 0 Å². The van der Waals surface area contributed by atoms with E-state index >= 15 is 0 Å². The van der Waals surface area contributed by atoms with Crippen molar-refractivity contribution in [3.63, 3.8) is 0 Å². The van der Waals surface area contributed by atoms with Crippen molar-refractivity contribution in [3.8, 4) is 0 Å². The van der Waals surface area contributed by atoms with Crippen molar-refractivity contribution >= 4 is 19.4 Å². The quantitative estimate of drug-likeness (QED) is 0.131. The third kappa shape index (κ3) is 6.67. The molecule has 0 amide bonds. The Labute approximate surface area is 334 Å². The first-order chi connectivity index (χ1) is 25.5. The number of unbranched alkanes of at least 4 members (excludes halogenated alkanes) is 1. The molecule has 0 bridgehead atoms. The summed E-state index contributed by atoms with van der Waals surface area (Å²) in [5.74, 6) is 2.05. The number of benzene rings is 1. The largest absolute Gasteiger partial charge is 0.343 e. The minimum absolute atomic E-state index is 0.00150. The first kappa shape index (κ1) is 41.6. The summed E-state index contributed by atoms with van der Waals surface area (Å²) < 4.78 is 0. The second kappa shape index (κ2) is 15.7. The minimum atomic E-state index is -1.48. The predicted molar refractivity (Wildman–Crippen MR) is 240 cm³/mol. The molecule has 5 aliphatic rings. The average Bonchev–Trinajstić information content (AvgIpc) is 3.45. The highest BCUT2D eigenvalue weighted by atomic mass is 28.3. The predicted octanol–water partition coefficient (Wildman–Crippen LogP) is 14.0. The molecule has 300 valence electrons. The maximum Gasteiger partial charge on any atom is 0.102 e. The van der Waals surface area contributed by atoms with Crippen molar-refractivity contribution in [3.05, 3.63) is 70.9 Å². The Morgan fingerprint density at radius 2 is 1.67 bits per heavy atom. The van der Waals surface area contributed by atoms with E-state index in [0.717, 1.165) is 6.42 Å². The van der Waals surface area contributed by atoms with Gasteiger partial charge in [0.15, 0.2) is 0 Å². The molecule has 0 aromatic heterocycles. The Balaban J connectivity index is 1.62. The molecule has 0 spiro atoms. The van der Waals surface area contributed by atoms with E-state index in [0.29, 0.717) is 41.5 Å². The summed E-state index contributed by atoms with van der Waals surface area (Å²) >= 11 is 0. The highest BCUT2D eigenvalue weighted by Gasteiger charge is 2.78. The lowest BCUT2D eigenvalue weighted by Gasteiger charge is -2.79. The zero-order valence-electron chi connectivity index (χ0n) is 37.5. The van der Waals surface area contributed by atoms with Gasteiger partial charge in [-0.15, -0.1) is 0 Å². The molecule has 3 aliphatic heterocycles. The molecule has 54 heavy (non-hydrogen) atoms. The molecule has 0 saturated heterocycles. The first-order valence-corrected chi connectivity index (χ1v) is 26.3. The van der Waals surface area contributed by atoms with Crippen LogP contribution in [-0.4, -0.2) is 48.8 Å². The Bertz CT molecular complexity index is 1620. The van der Waals surface area contributed by atoms with Crippen LogP contribution in [0, 0.1) is 23.2 Å². The molecule has 0 N–H and O–H groups in total. The number of nitrogens with zero attached hydrogens (tertiary/aromatic N) is 3. The Kier molecular flexibility index (Phi) is 12.1. The topological polar surface area (TPSA) is 9.72 Å². The van der Waals surface area contributed by atoms with Gasteiger partial charge in [-0.25, -0.2) is 0 Å². The van der Waals surface area contributed by atoms with E-state index in [1.807, 2.05) is 0 Å². The molecular weight excluding hydrogens is 671 g/mol. The number of rotatable bonds is 15. The van der Waals surface area contributed by atoms with Crippen molar-refractivity contribution in [1.82, 2.24) is 4.90 Å². The number of anilines is 2. The van der Waals surface area contributed by atoms with Crippen LogP contribution < -0.4 is 9.80 Å². The zero-order chi connectivity index (χ0) is 39.4. The molecule has 1 fully saturated rings. The lowest BCUT2D eigenvalue weighted by atomic mass is 9.37. The third-order valence-corrected chi connectivity index (χ3v) is 18.1. The van der Waals surface area contributed by atoms with Crippen molar-refractivity contribution in [2.45, 2.75) is 201 Å². The number of hydrogen-bond donors (Lipinski definition) is 0. The molecule has 1 aromatic rings. The van der Waals surface area contributed by atoms with Gasteiger partial charge in [-0.1, -0.05) is 148 Å². The van der Waals surface area contributed by atoms with Gasteiger partial charge < -0.3 is 9.80 Å². The van der Waals surface area contributed by atoms with Gasteiger partial charge in [0.1, 0.15) is 6.17 Å². The summed E-state index contributed by atoms with van der Waals surface area (Å²) in [6.45, 7) is 36.6. The van der Waals surface area contributed by atoms with Crippen LogP contribution in [0.25, 0.3) is 0 Å². The van der Waals surface area contributed by atoms with Crippen LogP contribution in [0.15, 0.2) is 70.9 Å². The summed E-state index contributed by atoms with van der Waals surface area (Å²) in [7, 11) is -1.48. The number of hydrogen-bond acceptors (Lipinski definition) is 3. The van der Waals surface area contributed by atoms with Crippen molar-refractivity contribution in [1.29, 1.82) is 0 Å². The summed E-state index contributed by atoms with van der Waals surface area (Å²) in [5.41, 5.74) is 10.4. The number of allylic oxidation sites excluding steroid dienone is 3. The minimum Gasteiger partial charge on any atom is -0.343 e.